The molecule has 0 saturated carbocycles. The second-order valence-corrected chi connectivity index (χ2v) is 15.5. The summed E-state index contributed by atoms with van der Waals surface area (Å²) in [6.45, 7) is 12.3. The Labute approximate surface area is 321 Å². The number of hydrogen-bond donors (Lipinski definition) is 0. The number of ketones is 1. The molecule has 8 heteroatoms. The van der Waals surface area contributed by atoms with E-state index in [0.29, 0.717) is 5.56 Å². The van der Waals surface area contributed by atoms with Crippen LogP contribution in [-0.2, 0) is 9.53 Å². The number of halogens is 4. The van der Waals surface area contributed by atoms with Crippen LogP contribution in [0.15, 0.2) is 72.1 Å². The molecule has 0 bridgehead atoms. The summed E-state index contributed by atoms with van der Waals surface area (Å²) < 4.78 is 71.9. The average molecular weight is 751 g/mol. The van der Waals surface area contributed by atoms with Gasteiger partial charge in [-0.1, -0.05) is 117 Å². The van der Waals surface area contributed by atoms with Gasteiger partial charge in [-0.15, -0.1) is 0 Å². The number of allylic oxidation sites excluding steroid dienone is 2. The Bertz CT molecular complexity index is 1610. The molecular weight excluding hydrogens is 689 g/mol. The van der Waals surface area contributed by atoms with E-state index >= 15 is 17.6 Å². The highest BCUT2D eigenvalue weighted by Gasteiger charge is 2.83. The third-order valence-electron chi connectivity index (χ3n) is 11.5. The fourth-order valence-corrected chi connectivity index (χ4v) is 8.10. The van der Waals surface area contributed by atoms with Crippen LogP contribution < -0.4 is 9.80 Å². The second-order valence-electron chi connectivity index (χ2n) is 15.5. The van der Waals surface area contributed by atoms with E-state index in [1.807, 2.05) is 24.3 Å². The molecule has 2 aromatic rings. The minimum absolute atomic E-state index is 0.148. The molecule has 4 nitrogen and oxygen atoms in total. The lowest BCUT2D eigenvalue weighted by atomic mass is 9.57. The van der Waals surface area contributed by atoms with Gasteiger partial charge in [-0.2, -0.15) is 4.39 Å². The fourth-order valence-electron chi connectivity index (χ4n) is 8.10. The molecule has 0 fully saturated rings. The Balaban J connectivity index is 1.34. The zero-order valence-corrected chi connectivity index (χ0v) is 33.1. The molecule has 1 heterocycles. The number of ether oxygens (including phenoxy) is 1. The highest BCUT2D eigenvalue weighted by Crippen LogP contribution is 2.66. The normalized spacial score (nSPS) is 23.0. The third-order valence-corrected chi connectivity index (χ3v) is 11.5. The van der Waals surface area contributed by atoms with Crippen molar-refractivity contribution in [2.45, 2.75) is 148 Å². The maximum Gasteiger partial charge on any atom is 0.318 e. The van der Waals surface area contributed by atoms with Gasteiger partial charge in [0.1, 0.15) is 5.76 Å². The smallest absolute Gasteiger partial charge is 0.318 e. The van der Waals surface area contributed by atoms with Gasteiger partial charge in [0.2, 0.25) is 17.1 Å². The van der Waals surface area contributed by atoms with Gasteiger partial charge >= 0.3 is 5.85 Å². The van der Waals surface area contributed by atoms with Crippen molar-refractivity contribution in [2.75, 3.05) is 36.0 Å². The molecule has 2 aromatic carbocycles. The average Bonchev–Trinajstić information content (AvgIpc) is 3.56. The van der Waals surface area contributed by atoms with Crippen LogP contribution in [0.2, 0.25) is 0 Å². The van der Waals surface area contributed by atoms with E-state index in [0.717, 1.165) is 127 Å². The number of carbonyl (C=O) groups is 1. The van der Waals surface area contributed by atoms with Gasteiger partial charge in [-0.3, -0.25) is 4.79 Å². The summed E-state index contributed by atoms with van der Waals surface area (Å²) in [5.74, 6) is -7.07. The summed E-state index contributed by atoms with van der Waals surface area (Å²) in [5.41, 5.74) is -5.91. The van der Waals surface area contributed by atoms with Crippen LogP contribution in [0.3, 0.4) is 0 Å². The largest absolute Gasteiger partial charge is 0.450 e. The highest BCUT2D eigenvalue weighted by molar-refractivity contribution is 6.17. The van der Waals surface area contributed by atoms with Crippen LogP contribution >= 0.6 is 0 Å². The van der Waals surface area contributed by atoms with Crippen LogP contribution in [0.1, 0.15) is 142 Å². The number of Topliss-reactive ketones (excluding diaryl/α,β-unsaturated/α-hetero) is 1. The van der Waals surface area contributed by atoms with Crippen LogP contribution in [0.5, 0.6) is 0 Å². The summed E-state index contributed by atoms with van der Waals surface area (Å²) in [7, 11) is 0. The van der Waals surface area contributed by atoms with Crippen molar-refractivity contribution in [3.8, 4) is 0 Å². The van der Waals surface area contributed by atoms with Crippen molar-refractivity contribution in [1.29, 1.82) is 0 Å². The molecule has 2 aliphatic carbocycles. The topological polar surface area (TPSA) is 32.8 Å². The fraction of sp³-hybridized carbons (Fsp3) is 0.587. The maximum atomic E-state index is 16.9. The number of benzene rings is 2. The molecule has 0 spiro atoms. The molecule has 3 atom stereocenters. The van der Waals surface area contributed by atoms with E-state index in [1.165, 1.54) is 25.7 Å². The number of unbranched alkanes of at least 4 members (excludes halogenated alkanes) is 12. The quantitative estimate of drug-likeness (QED) is 0.0790. The minimum atomic E-state index is -3.58. The Morgan fingerprint density at radius 2 is 0.981 bits per heavy atom. The molecule has 1 aliphatic heterocycles. The molecule has 0 unspecified atom stereocenters. The Hall–Kier alpha value is -3.55. The van der Waals surface area contributed by atoms with Crippen molar-refractivity contribution in [2.24, 2.45) is 0 Å². The number of alkyl halides is 3. The van der Waals surface area contributed by atoms with Crippen LogP contribution in [-0.4, -0.2) is 49.2 Å². The first-order chi connectivity index (χ1) is 26.1. The lowest BCUT2D eigenvalue weighted by Gasteiger charge is -2.52. The van der Waals surface area contributed by atoms with Crippen molar-refractivity contribution in [3.05, 3.63) is 83.2 Å². The summed E-state index contributed by atoms with van der Waals surface area (Å²) >= 11 is 0. The number of nitrogens with zero attached hydrogens (tertiary/aromatic N) is 2. The molecule has 296 valence electrons. The molecule has 0 N–H and O–H groups in total. The molecule has 54 heavy (non-hydrogen) atoms. The number of anilines is 2. The first-order valence-electron chi connectivity index (χ1n) is 21.0. The van der Waals surface area contributed by atoms with Gasteiger partial charge in [-0.05, 0) is 79.8 Å². The van der Waals surface area contributed by atoms with Crippen molar-refractivity contribution >= 4 is 28.5 Å². The molecule has 0 aromatic heterocycles. The van der Waals surface area contributed by atoms with Crippen molar-refractivity contribution in [3.63, 3.8) is 0 Å². The molecule has 5 rings (SSSR count). The van der Waals surface area contributed by atoms with Crippen molar-refractivity contribution in [1.82, 2.24) is 0 Å². The molecular formula is C46H62F4N2O2. The minimum Gasteiger partial charge on any atom is -0.450 e. The second kappa shape index (κ2) is 18.9. The van der Waals surface area contributed by atoms with Crippen LogP contribution in [0.4, 0.5) is 28.9 Å². The lowest BCUT2D eigenvalue weighted by molar-refractivity contribution is -0.196. The number of rotatable bonds is 24. The van der Waals surface area contributed by atoms with Gasteiger partial charge in [0, 0.05) is 48.7 Å². The predicted octanol–water partition coefficient (Wildman–Crippen LogP) is 13.0. The van der Waals surface area contributed by atoms with Crippen LogP contribution in [0.25, 0.3) is 11.3 Å². The predicted molar refractivity (Wildman–Crippen MR) is 216 cm³/mol. The van der Waals surface area contributed by atoms with E-state index in [2.05, 4.69) is 37.5 Å². The van der Waals surface area contributed by atoms with Gasteiger partial charge in [0.15, 0.2) is 5.83 Å². The Kier molecular flexibility index (Phi) is 14.5. The van der Waals surface area contributed by atoms with E-state index < -0.39 is 34.4 Å². The maximum absolute atomic E-state index is 16.9. The monoisotopic (exact) mass is 750 g/mol. The number of hydrogen-bond acceptors (Lipinski definition) is 4. The number of carbonyl (C=O) groups excluding carboxylic acids is 1. The van der Waals surface area contributed by atoms with Crippen molar-refractivity contribution < 1.29 is 27.1 Å². The van der Waals surface area contributed by atoms with Gasteiger partial charge < -0.3 is 14.5 Å². The number of fused-ring (bicyclic) bond motifs is 3. The van der Waals surface area contributed by atoms with E-state index in [4.69, 9.17) is 4.74 Å². The summed E-state index contributed by atoms with van der Waals surface area (Å²) in [6.07, 6.45) is 19.9. The highest BCUT2D eigenvalue weighted by atomic mass is 19.2. The standard InChI is InChI=1S/C46H62F4N2O2/c1-5-9-13-17-29-51(30-18-14-10-6-2)37-25-21-35(22-26-37)40-34-44(48)45(40,49)43(53)42(47)39-33-41(54-46(39,44)50)36-23-27-38(28-24-36)52(31-19-15-11-7-3)32-20-16-12-8-4/h21-28,33-34H,5-20,29-32H2,1-4H3/t44-,45-,46-/m1/s1. The summed E-state index contributed by atoms with van der Waals surface area (Å²) in [6, 6.07) is 14.1. The molecule has 0 radical (unpaired) electrons. The van der Waals surface area contributed by atoms with Gasteiger partial charge in [-0.25, -0.2) is 13.2 Å². The van der Waals surface area contributed by atoms with E-state index in [1.54, 1.807) is 24.3 Å². The van der Waals surface area contributed by atoms with E-state index in [-0.39, 0.29) is 16.9 Å². The Morgan fingerprint density at radius 1 is 0.574 bits per heavy atom. The third kappa shape index (κ3) is 8.33. The molecule has 0 saturated heterocycles. The first kappa shape index (κ1) is 41.6. The van der Waals surface area contributed by atoms with E-state index in [9.17, 15) is 4.79 Å². The summed E-state index contributed by atoms with van der Waals surface area (Å²) in [4.78, 5) is 18.0. The zero-order valence-electron chi connectivity index (χ0n) is 33.1. The molecule has 3 aliphatic rings. The first-order valence-corrected chi connectivity index (χ1v) is 21.0. The zero-order chi connectivity index (χ0) is 38.8. The van der Waals surface area contributed by atoms with Gasteiger partial charge in [0.05, 0.1) is 5.57 Å². The SMILES string of the molecule is CCCCCCN(CCCCCC)c1ccc(C2=CC3=C(F)C(=O)[C@]4(F)C(c5ccc(N(CCCCCC)CCCCCC)cc5)=C[C@]4(F)[C@]3(F)O2)cc1. The summed E-state index contributed by atoms with van der Waals surface area (Å²) in [5, 5.41) is 0. The Morgan fingerprint density at radius 3 is 1.39 bits per heavy atom. The van der Waals surface area contributed by atoms with Gasteiger partial charge in [0.25, 0.3) is 0 Å². The van der Waals surface area contributed by atoms with Crippen LogP contribution in [0, 0.1) is 0 Å². The lowest BCUT2D eigenvalue weighted by Crippen LogP contribution is -2.72. The molecule has 0 amide bonds.